The summed E-state index contributed by atoms with van der Waals surface area (Å²) in [4.78, 5) is 14.3. The van der Waals surface area contributed by atoms with E-state index in [2.05, 4.69) is 0 Å². The molecule has 4 nitrogen and oxygen atoms in total. The van der Waals surface area contributed by atoms with Crippen molar-refractivity contribution >= 4 is 17.3 Å². The molecule has 2 N–H and O–H groups in total. The lowest BCUT2D eigenvalue weighted by molar-refractivity contribution is 0.0980. The summed E-state index contributed by atoms with van der Waals surface area (Å²) in [6, 6.07) is 13.2. The summed E-state index contributed by atoms with van der Waals surface area (Å²) in [5, 5.41) is 0. The minimum Gasteiger partial charge on any atom is -0.495 e. The number of nitrogens with two attached hydrogens (primary N) is 1. The van der Waals surface area contributed by atoms with Crippen LogP contribution in [0.25, 0.3) is 0 Å². The largest absolute Gasteiger partial charge is 0.495 e. The monoisotopic (exact) mass is 268 g/mol. The molecule has 0 spiro atoms. The van der Waals surface area contributed by atoms with Gasteiger partial charge in [0.2, 0.25) is 0 Å². The molecule has 0 fully saturated rings. The summed E-state index contributed by atoms with van der Waals surface area (Å²) in [6.07, 6.45) is 0.855. The predicted octanol–water partition coefficient (Wildman–Crippen LogP) is 2.48. The van der Waals surface area contributed by atoms with E-state index in [-0.39, 0.29) is 5.91 Å². The highest BCUT2D eigenvalue weighted by Gasteiger charge is 2.25. The van der Waals surface area contributed by atoms with Crippen molar-refractivity contribution in [3.63, 3.8) is 0 Å². The SMILES string of the molecule is COc1ccc(N2CCc3ccccc3C2=O)cc1N. The number of benzene rings is 2. The number of ether oxygens (including phenoxy) is 1. The van der Waals surface area contributed by atoms with E-state index in [4.69, 9.17) is 10.5 Å². The highest BCUT2D eigenvalue weighted by atomic mass is 16.5. The molecule has 0 radical (unpaired) electrons. The summed E-state index contributed by atoms with van der Waals surface area (Å²) in [5.41, 5.74) is 9.14. The molecule has 0 saturated carbocycles. The maximum absolute atomic E-state index is 12.5. The van der Waals surface area contributed by atoms with Crippen LogP contribution in [0.4, 0.5) is 11.4 Å². The first-order chi connectivity index (χ1) is 9.70. The quantitative estimate of drug-likeness (QED) is 0.851. The number of fused-ring (bicyclic) bond motifs is 1. The summed E-state index contributed by atoms with van der Waals surface area (Å²) in [7, 11) is 1.58. The van der Waals surface area contributed by atoms with Crippen LogP contribution in [-0.2, 0) is 6.42 Å². The third-order valence-electron chi connectivity index (χ3n) is 3.62. The minimum absolute atomic E-state index is 0.0245. The van der Waals surface area contributed by atoms with E-state index in [1.807, 2.05) is 30.3 Å². The highest BCUT2D eigenvalue weighted by molar-refractivity contribution is 6.08. The van der Waals surface area contributed by atoms with Gasteiger partial charge in [-0.1, -0.05) is 18.2 Å². The molecule has 4 heteroatoms. The average molecular weight is 268 g/mol. The number of nitrogens with zero attached hydrogens (tertiary/aromatic N) is 1. The van der Waals surface area contributed by atoms with Crippen LogP contribution >= 0.6 is 0 Å². The lowest BCUT2D eigenvalue weighted by atomic mass is 9.98. The number of carbonyl (C=O) groups excluding carboxylic acids is 1. The third-order valence-corrected chi connectivity index (χ3v) is 3.62. The fourth-order valence-corrected chi connectivity index (χ4v) is 2.56. The van der Waals surface area contributed by atoms with Crippen LogP contribution in [0.2, 0.25) is 0 Å². The minimum atomic E-state index is 0.0245. The number of hydrogen-bond donors (Lipinski definition) is 1. The van der Waals surface area contributed by atoms with Gasteiger partial charge in [-0.25, -0.2) is 0 Å². The number of nitrogen functional groups attached to an aromatic ring is 1. The topological polar surface area (TPSA) is 55.6 Å². The molecule has 3 rings (SSSR count). The zero-order valence-electron chi connectivity index (χ0n) is 11.3. The van der Waals surface area contributed by atoms with Gasteiger partial charge in [0, 0.05) is 17.8 Å². The van der Waals surface area contributed by atoms with E-state index >= 15 is 0 Å². The summed E-state index contributed by atoms with van der Waals surface area (Å²) in [6.45, 7) is 0.668. The molecule has 0 atom stereocenters. The molecule has 1 amide bonds. The maximum atomic E-state index is 12.5. The molecule has 1 heterocycles. The van der Waals surface area contributed by atoms with E-state index in [1.54, 1.807) is 24.1 Å². The second kappa shape index (κ2) is 4.89. The van der Waals surface area contributed by atoms with Gasteiger partial charge in [0.25, 0.3) is 5.91 Å². The Kier molecular flexibility index (Phi) is 3.06. The van der Waals surface area contributed by atoms with Crippen molar-refractivity contribution < 1.29 is 9.53 Å². The van der Waals surface area contributed by atoms with Gasteiger partial charge in [-0.3, -0.25) is 4.79 Å². The number of rotatable bonds is 2. The number of amides is 1. The Morgan fingerprint density at radius 3 is 2.75 bits per heavy atom. The van der Waals surface area contributed by atoms with Gasteiger partial charge >= 0.3 is 0 Å². The Morgan fingerprint density at radius 1 is 1.20 bits per heavy atom. The second-order valence-corrected chi connectivity index (χ2v) is 4.79. The van der Waals surface area contributed by atoms with Gasteiger partial charge in [0.1, 0.15) is 5.75 Å². The van der Waals surface area contributed by atoms with Crippen LogP contribution < -0.4 is 15.4 Å². The van der Waals surface area contributed by atoms with Gasteiger partial charge in [-0.15, -0.1) is 0 Å². The van der Waals surface area contributed by atoms with Crippen LogP contribution in [-0.4, -0.2) is 19.6 Å². The Bertz CT molecular complexity index is 667. The molecule has 0 aliphatic carbocycles. The van der Waals surface area contributed by atoms with Crippen molar-refractivity contribution in [3.8, 4) is 5.75 Å². The van der Waals surface area contributed by atoms with Gasteiger partial charge < -0.3 is 15.4 Å². The van der Waals surface area contributed by atoms with E-state index in [9.17, 15) is 4.79 Å². The molecule has 1 aliphatic heterocycles. The molecule has 1 aliphatic rings. The van der Waals surface area contributed by atoms with Crippen molar-refractivity contribution in [3.05, 3.63) is 53.6 Å². The predicted molar refractivity (Wildman–Crippen MR) is 79.2 cm³/mol. The van der Waals surface area contributed by atoms with Gasteiger partial charge in [0.05, 0.1) is 12.8 Å². The molecule has 0 unspecified atom stereocenters. The standard InChI is InChI=1S/C16H16N2O2/c1-20-15-7-6-12(10-14(15)17)18-9-8-11-4-2-3-5-13(11)16(18)19/h2-7,10H,8-9,17H2,1H3. The van der Waals surface area contributed by atoms with E-state index in [1.165, 1.54) is 0 Å². The van der Waals surface area contributed by atoms with Crippen molar-refractivity contribution in [1.82, 2.24) is 0 Å². The Morgan fingerprint density at radius 2 is 2.00 bits per heavy atom. The van der Waals surface area contributed by atoms with Crippen LogP contribution in [0.15, 0.2) is 42.5 Å². The summed E-state index contributed by atoms with van der Waals surface area (Å²) < 4.78 is 5.14. The fraction of sp³-hybridized carbons (Fsp3) is 0.188. The van der Waals surface area contributed by atoms with Crippen molar-refractivity contribution in [1.29, 1.82) is 0 Å². The van der Waals surface area contributed by atoms with Crippen molar-refractivity contribution in [2.45, 2.75) is 6.42 Å². The summed E-state index contributed by atoms with van der Waals surface area (Å²) >= 11 is 0. The van der Waals surface area contributed by atoms with Crippen molar-refractivity contribution in [2.24, 2.45) is 0 Å². The van der Waals surface area contributed by atoms with Crippen LogP contribution in [0.5, 0.6) is 5.75 Å². The van der Waals surface area contributed by atoms with Crippen LogP contribution in [0.3, 0.4) is 0 Å². The zero-order chi connectivity index (χ0) is 14.1. The molecular weight excluding hydrogens is 252 g/mol. The first-order valence-electron chi connectivity index (χ1n) is 6.54. The van der Waals surface area contributed by atoms with Gasteiger partial charge in [0.15, 0.2) is 0 Å². The van der Waals surface area contributed by atoms with E-state index < -0.39 is 0 Å². The molecule has 0 saturated heterocycles. The lowest BCUT2D eigenvalue weighted by Gasteiger charge is -2.29. The first kappa shape index (κ1) is 12.5. The first-order valence-corrected chi connectivity index (χ1v) is 6.54. The molecular formula is C16H16N2O2. The molecule has 0 aromatic heterocycles. The van der Waals surface area contributed by atoms with Gasteiger partial charge in [-0.05, 0) is 36.2 Å². The molecule has 102 valence electrons. The normalized spacial score (nSPS) is 14.1. The highest BCUT2D eigenvalue weighted by Crippen LogP contribution is 2.30. The van der Waals surface area contributed by atoms with Crippen LogP contribution in [0, 0.1) is 0 Å². The fourth-order valence-electron chi connectivity index (χ4n) is 2.56. The molecule has 2 aromatic rings. The molecule has 2 aromatic carbocycles. The smallest absolute Gasteiger partial charge is 0.258 e. The van der Waals surface area contributed by atoms with E-state index in [0.29, 0.717) is 18.0 Å². The van der Waals surface area contributed by atoms with Gasteiger partial charge in [-0.2, -0.15) is 0 Å². The van der Waals surface area contributed by atoms with E-state index in [0.717, 1.165) is 23.2 Å². The number of carbonyl (C=O) groups is 1. The van der Waals surface area contributed by atoms with Crippen LogP contribution in [0.1, 0.15) is 15.9 Å². The lowest BCUT2D eigenvalue weighted by Crippen LogP contribution is -2.37. The number of anilines is 2. The third kappa shape index (κ3) is 1.99. The Labute approximate surface area is 117 Å². The number of hydrogen-bond acceptors (Lipinski definition) is 3. The second-order valence-electron chi connectivity index (χ2n) is 4.79. The Balaban J connectivity index is 1.97. The molecule has 0 bridgehead atoms. The zero-order valence-corrected chi connectivity index (χ0v) is 11.3. The Hall–Kier alpha value is -2.49. The maximum Gasteiger partial charge on any atom is 0.258 e. The molecule has 20 heavy (non-hydrogen) atoms. The summed E-state index contributed by atoms with van der Waals surface area (Å²) in [5.74, 6) is 0.648. The average Bonchev–Trinajstić information content (AvgIpc) is 2.48. The number of methoxy groups -OCH3 is 1. The van der Waals surface area contributed by atoms with Crippen molar-refractivity contribution in [2.75, 3.05) is 24.3 Å².